The molecule has 1 atom stereocenters. The van der Waals surface area contributed by atoms with Gasteiger partial charge in [-0.2, -0.15) is 0 Å². The van der Waals surface area contributed by atoms with Crippen LogP contribution in [0.3, 0.4) is 0 Å². The van der Waals surface area contributed by atoms with Crippen LogP contribution in [-0.4, -0.2) is 43.1 Å². The number of benzene rings is 2. The lowest BCUT2D eigenvalue weighted by Crippen LogP contribution is -2.52. The van der Waals surface area contributed by atoms with E-state index in [0.29, 0.717) is 22.6 Å². The predicted octanol–water partition coefficient (Wildman–Crippen LogP) is 3.35. The summed E-state index contributed by atoms with van der Waals surface area (Å²) in [5, 5.41) is 2.90. The van der Waals surface area contributed by atoms with Gasteiger partial charge in [0.05, 0.1) is 18.4 Å². The zero-order chi connectivity index (χ0) is 19.0. The van der Waals surface area contributed by atoms with Crippen LogP contribution in [-0.2, 0) is 0 Å². The molecular formula is C21H23N3O3. The van der Waals surface area contributed by atoms with E-state index in [-0.39, 0.29) is 18.0 Å². The Morgan fingerprint density at radius 3 is 2.89 bits per heavy atom. The fourth-order valence-corrected chi connectivity index (χ4v) is 4.00. The summed E-state index contributed by atoms with van der Waals surface area (Å²) in [6, 6.07) is 12.6. The minimum atomic E-state index is -0.205. The van der Waals surface area contributed by atoms with Crippen LogP contribution in [0.25, 0.3) is 0 Å². The van der Waals surface area contributed by atoms with Gasteiger partial charge in [-0.3, -0.25) is 9.59 Å². The first kappa shape index (κ1) is 17.4. The lowest BCUT2D eigenvalue weighted by atomic mass is 10.0. The van der Waals surface area contributed by atoms with Gasteiger partial charge in [0.2, 0.25) is 0 Å². The third kappa shape index (κ3) is 3.01. The first-order valence-corrected chi connectivity index (χ1v) is 9.29. The van der Waals surface area contributed by atoms with Gasteiger partial charge in [-0.05, 0) is 50.1 Å². The number of fused-ring (bicyclic) bond motifs is 2. The van der Waals surface area contributed by atoms with Crippen LogP contribution in [0.2, 0.25) is 0 Å². The maximum absolute atomic E-state index is 12.8. The summed E-state index contributed by atoms with van der Waals surface area (Å²) in [4.78, 5) is 29.7. The number of nitrogens with one attached hydrogen (secondary N) is 1. The molecule has 0 spiro atoms. The first-order chi connectivity index (χ1) is 13.1. The van der Waals surface area contributed by atoms with Crippen molar-refractivity contribution in [3.05, 3.63) is 53.6 Å². The standard InChI is InChI=1S/C21H23N3O3/c1-3-23-18-12-14(20(25)22-15-6-4-7-16(13-15)27-2)9-10-17(18)21(26)24-11-5-8-19(23)24/h4,6-7,9-10,12-13,19H,3,5,8,11H2,1-2H3,(H,22,25). The molecule has 2 heterocycles. The topological polar surface area (TPSA) is 61.9 Å². The Balaban J connectivity index is 1.64. The van der Waals surface area contributed by atoms with E-state index in [1.165, 1.54) is 0 Å². The Morgan fingerprint density at radius 1 is 1.26 bits per heavy atom. The third-order valence-corrected chi connectivity index (χ3v) is 5.31. The molecule has 0 aliphatic carbocycles. The molecule has 4 rings (SSSR count). The van der Waals surface area contributed by atoms with Gasteiger partial charge in [0, 0.05) is 30.4 Å². The molecule has 0 aromatic heterocycles. The van der Waals surface area contributed by atoms with E-state index in [4.69, 9.17) is 4.74 Å². The molecule has 27 heavy (non-hydrogen) atoms. The highest BCUT2D eigenvalue weighted by Gasteiger charge is 2.39. The second kappa shape index (κ2) is 6.95. The SMILES string of the molecule is CCN1c2cc(C(=O)Nc3cccc(OC)c3)ccc2C(=O)N2CCCC21. The molecule has 6 heteroatoms. The highest BCUT2D eigenvalue weighted by molar-refractivity contribution is 6.08. The Kier molecular flexibility index (Phi) is 4.48. The number of nitrogens with zero attached hydrogens (tertiary/aromatic N) is 2. The van der Waals surface area contributed by atoms with Gasteiger partial charge < -0.3 is 19.9 Å². The second-order valence-electron chi connectivity index (χ2n) is 6.83. The van der Waals surface area contributed by atoms with E-state index in [2.05, 4.69) is 17.1 Å². The summed E-state index contributed by atoms with van der Waals surface area (Å²) in [6.07, 6.45) is 2.09. The minimum absolute atomic E-state index is 0.0666. The number of hydrogen-bond acceptors (Lipinski definition) is 4. The summed E-state index contributed by atoms with van der Waals surface area (Å²) in [5.74, 6) is 0.544. The van der Waals surface area contributed by atoms with Crippen LogP contribution in [0, 0.1) is 0 Å². The zero-order valence-corrected chi connectivity index (χ0v) is 15.6. The maximum Gasteiger partial charge on any atom is 0.257 e. The van der Waals surface area contributed by atoms with Gasteiger partial charge in [-0.15, -0.1) is 0 Å². The van der Waals surface area contributed by atoms with E-state index in [1.54, 1.807) is 25.3 Å². The number of carbonyl (C=O) groups is 2. The van der Waals surface area contributed by atoms with Crippen molar-refractivity contribution in [1.29, 1.82) is 0 Å². The number of hydrogen-bond donors (Lipinski definition) is 1. The molecule has 6 nitrogen and oxygen atoms in total. The molecule has 1 N–H and O–H groups in total. The van der Waals surface area contributed by atoms with E-state index in [9.17, 15) is 9.59 Å². The van der Waals surface area contributed by atoms with Crippen molar-refractivity contribution < 1.29 is 14.3 Å². The first-order valence-electron chi connectivity index (χ1n) is 9.29. The Morgan fingerprint density at radius 2 is 2.11 bits per heavy atom. The second-order valence-corrected chi connectivity index (χ2v) is 6.83. The number of methoxy groups -OCH3 is 1. The van der Waals surface area contributed by atoms with Crippen LogP contribution < -0.4 is 15.0 Å². The summed E-state index contributed by atoms with van der Waals surface area (Å²) in [5.41, 5.74) is 2.73. The van der Waals surface area contributed by atoms with Gasteiger partial charge in [0.1, 0.15) is 11.9 Å². The molecule has 1 fully saturated rings. The molecule has 0 bridgehead atoms. The molecule has 2 aromatic rings. The number of rotatable bonds is 4. The van der Waals surface area contributed by atoms with Crippen LogP contribution >= 0.6 is 0 Å². The quantitative estimate of drug-likeness (QED) is 0.903. The summed E-state index contributed by atoms with van der Waals surface area (Å²) in [6.45, 7) is 3.68. The van der Waals surface area contributed by atoms with E-state index >= 15 is 0 Å². The van der Waals surface area contributed by atoms with Gasteiger partial charge in [0.15, 0.2) is 0 Å². The monoisotopic (exact) mass is 365 g/mol. The number of ether oxygens (including phenoxy) is 1. The van der Waals surface area contributed by atoms with Crippen molar-refractivity contribution in [1.82, 2.24) is 4.90 Å². The molecule has 140 valence electrons. The highest BCUT2D eigenvalue weighted by atomic mass is 16.5. The van der Waals surface area contributed by atoms with Crippen molar-refractivity contribution in [2.75, 3.05) is 30.4 Å². The third-order valence-electron chi connectivity index (χ3n) is 5.31. The average Bonchev–Trinajstić information content (AvgIpc) is 3.18. The smallest absolute Gasteiger partial charge is 0.257 e. The Bertz CT molecular complexity index is 896. The average molecular weight is 365 g/mol. The van der Waals surface area contributed by atoms with Gasteiger partial charge in [-0.1, -0.05) is 6.07 Å². The molecule has 2 aliphatic heterocycles. The predicted molar refractivity (Wildman–Crippen MR) is 104 cm³/mol. The molecule has 0 radical (unpaired) electrons. The van der Waals surface area contributed by atoms with Gasteiger partial charge in [-0.25, -0.2) is 0 Å². The molecule has 2 aromatic carbocycles. The van der Waals surface area contributed by atoms with Crippen LogP contribution in [0.5, 0.6) is 5.75 Å². The molecular weight excluding hydrogens is 342 g/mol. The fourth-order valence-electron chi connectivity index (χ4n) is 4.00. The van der Waals surface area contributed by atoms with E-state index in [1.807, 2.05) is 29.2 Å². The summed E-state index contributed by atoms with van der Waals surface area (Å²) < 4.78 is 5.20. The molecule has 1 unspecified atom stereocenters. The number of amides is 2. The fraction of sp³-hybridized carbons (Fsp3) is 0.333. The van der Waals surface area contributed by atoms with Gasteiger partial charge in [0.25, 0.3) is 11.8 Å². The number of carbonyl (C=O) groups excluding carboxylic acids is 2. The van der Waals surface area contributed by atoms with Crippen LogP contribution in [0.15, 0.2) is 42.5 Å². The van der Waals surface area contributed by atoms with Crippen molar-refractivity contribution in [3.8, 4) is 5.75 Å². The normalized spacial score (nSPS) is 18.1. The summed E-state index contributed by atoms with van der Waals surface area (Å²) >= 11 is 0. The largest absolute Gasteiger partial charge is 0.497 e. The van der Waals surface area contributed by atoms with Crippen molar-refractivity contribution in [2.45, 2.75) is 25.9 Å². The zero-order valence-electron chi connectivity index (χ0n) is 15.6. The molecule has 0 saturated carbocycles. The highest BCUT2D eigenvalue weighted by Crippen LogP contribution is 2.36. The molecule has 2 amide bonds. The lowest BCUT2D eigenvalue weighted by Gasteiger charge is -2.41. The molecule has 1 saturated heterocycles. The van der Waals surface area contributed by atoms with Gasteiger partial charge >= 0.3 is 0 Å². The Labute approximate surface area is 158 Å². The Hall–Kier alpha value is -3.02. The van der Waals surface area contributed by atoms with Crippen molar-refractivity contribution in [2.24, 2.45) is 0 Å². The van der Waals surface area contributed by atoms with Crippen molar-refractivity contribution >= 4 is 23.2 Å². The van der Waals surface area contributed by atoms with Crippen LogP contribution in [0.4, 0.5) is 11.4 Å². The lowest BCUT2D eigenvalue weighted by molar-refractivity contribution is 0.0715. The molecule has 2 aliphatic rings. The summed E-state index contributed by atoms with van der Waals surface area (Å²) in [7, 11) is 1.59. The van der Waals surface area contributed by atoms with E-state index < -0.39 is 0 Å². The maximum atomic E-state index is 12.8. The van der Waals surface area contributed by atoms with E-state index in [0.717, 1.165) is 31.6 Å². The van der Waals surface area contributed by atoms with Crippen LogP contribution in [0.1, 0.15) is 40.5 Å². The minimum Gasteiger partial charge on any atom is -0.497 e. The number of anilines is 2. The van der Waals surface area contributed by atoms with Crippen molar-refractivity contribution in [3.63, 3.8) is 0 Å².